The molecule has 44 heavy (non-hydrogen) atoms. The van der Waals surface area contributed by atoms with Crippen LogP contribution in [0.5, 0.6) is 0 Å². The number of ether oxygens (including phenoxy) is 1. The third kappa shape index (κ3) is 13.7. The van der Waals surface area contributed by atoms with Crippen molar-refractivity contribution in [3.8, 4) is 0 Å². The highest BCUT2D eigenvalue weighted by molar-refractivity contribution is 7.71. The van der Waals surface area contributed by atoms with Gasteiger partial charge in [0.25, 0.3) is 5.56 Å². The number of unbranched alkanes of at least 4 members (excludes halogenated alkanes) is 15. The highest BCUT2D eigenvalue weighted by atomic mass is 31.2. The van der Waals surface area contributed by atoms with Gasteiger partial charge in [-0.05, 0) is 18.9 Å². The summed E-state index contributed by atoms with van der Waals surface area (Å²) in [4.78, 5) is 40.6. The molecule has 15 heteroatoms. The zero-order chi connectivity index (χ0) is 32.2. The van der Waals surface area contributed by atoms with Crippen molar-refractivity contribution in [2.45, 2.75) is 141 Å². The zero-order valence-electron chi connectivity index (χ0n) is 26.3. The van der Waals surface area contributed by atoms with Crippen molar-refractivity contribution in [3.63, 3.8) is 0 Å². The molecular formula is C29H51N6O8P. The van der Waals surface area contributed by atoms with Gasteiger partial charge in [0.2, 0.25) is 0 Å². The first kappa shape index (κ1) is 37.7. The van der Waals surface area contributed by atoms with Crippen molar-refractivity contribution in [2.24, 2.45) is 5.11 Å². The van der Waals surface area contributed by atoms with Crippen molar-refractivity contribution in [2.75, 3.05) is 13.2 Å². The predicted octanol–water partition coefficient (Wildman–Crippen LogP) is 7.48. The number of carbonyl (C=O) groups is 1. The lowest BCUT2D eigenvalue weighted by atomic mass is 10.0. The Kier molecular flexibility index (Phi) is 18.3. The first-order valence-electron chi connectivity index (χ1n) is 16.1. The van der Waals surface area contributed by atoms with E-state index in [0.29, 0.717) is 6.54 Å². The van der Waals surface area contributed by atoms with E-state index in [-0.39, 0.29) is 12.0 Å². The maximum atomic E-state index is 12.8. The van der Waals surface area contributed by atoms with Gasteiger partial charge in [-0.3, -0.25) is 18.9 Å². The molecule has 1 aliphatic heterocycles. The molecule has 3 N–H and O–H groups in total. The summed E-state index contributed by atoms with van der Waals surface area (Å²) >= 11 is 0. The Morgan fingerprint density at radius 2 is 1.61 bits per heavy atom. The smallest absolute Gasteiger partial charge is 0.454 e. The van der Waals surface area contributed by atoms with Crippen LogP contribution in [0, 0.1) is 6.92 Å². The summed E-state index contributed by atoms with van der Waals surface area (Å²) < 4.78 is 29.9. The topological polar surface area (TPSA) is 198 Å². The lowest BCUT2D eigenvalue weighted by Gasteiger charge is -2.19. The molecule has 0 radical (unpaired) electrons. The quantitative estimate of drug-likeness (QED) is 0.0241. The number of rotatable bonds is 25. The molecule has 250 valence electrons. The van der Waals surface area contributed by atoms with E-state index in [9.17, 15) is 24.1 Å². The van der Waals surface area contributed by atoms with Crippen LogP contribution in [0.4, 0.5) is 4.79 Å². The van der Waals surface area contributed by atoms with E-state index in [1.54, 1.807) is 0 Å². The van der Waals surface area contributed by atoms with Gasteiger partial charge in [-0.1, -0.05) is 108 Å². The number of aromatic amines is 1. The van der Waals surface area contributed by atoms with E-state index < -0.39 is 49.5 Å². The molecule has 1 aromatic rings. The standard InChI is InChI=1S/C29H51N6O8P/c1-3-4-5-6-7-8-9-10-11-12-13-14-15-16-17-18-19-31-43-44(40,29(38)39)41-22-25-24(33-34-30)20-26(42-25)35-21-23(2)27(36)32-28(35)37/h21,24-26,31H,3-20,22H2,1-2H3,(H,38,39)(H,32,36,37)/t24-,25+,26+,44?/m0/s1. The number of hydroxylamine groups is 1. The summed E-state index contributed by atoms with van der Waals surface area (Å²) in [7, 11) is -4.62. The first-order valence-corrected chi connectivity index (χ1v) is 17.7. The highest BCUT2D eigenvalue weighted by Gasteiger charge is 2.41. The largest absolute Gasteiger partial charge is 0.472 e. The SMILES string of the molecule is CCCCCCCCCCCCCCCCCCNOP(=O)(OC[C@H]1O[C@@H](n2cc(C)c(=O)[nH]c2=O)C[C@@H]1N=[N+]=[N-])C(=O)O. The molecule has 2 rings (SSSR count). The number of hydrogen-bond acceptors (Lipinski definition) is 9. The fraction of sp³-hybridized carbons (Fsp3) is 0.828. The normalized spacial score (nSPS) is 19.5. The highest BCUT2D eigenvalue weighted by Crippen LogP contribution is 2.48. The van der Waals surface area contributed by atoms with Gasteiger partial charge in [-0.2, -0.15) is 5.48 Å². The monoisotopic (exact) mass is 642 g/mol. The second kappa shape index (κ2) is 21.3. The Hall–Kier alpha value is -2.47. The Labute approximate surface area is 259 Å². The molecule has 4 atom stereocenters. The molecule has 1 aromatic heterocycles. The van der Waals surface area contributed by atoms with E-state index in [4.69, 9.17) is 19.4 Å². The Morgan fingerprint density at radius 1 is 1.07 bits per heavy atom. The third-order valence-electron chi connectivity index (χ3n) is 7.82. The Balaban J connectivity index is 1.62. The van der Waals surface area contributed by atoms with E-state index >= 15 is 0 Å². The second-order valence-electron chi connectivity index (χ2n) is 11.5. The summed E-state index contributed by atoms with van der Waals surface area (Å²) in [6.45, 7) is 3.54. The minimum atomic E-state index is -4.62. The predicted molar refractivity (Wildman–Crippen MR) is 168 cm³/mol. The van der Waals surface area contributed by atoms with Crippen molar-refractivity contribution in [1.29, 1.82) is 0 Å². The second-order valence-corrected chi connectivity index (χ2v) is 13.3. The molecule has 1 saturated heterocycles. The molecule has 1 fully saturated rings. The number of carboxylic acid groups (broad SMARTS) is 1. The molecule has 2 heterocycles. The molecule has 0 aromatic carbocycles. The number of H-pyrrole nitrogens is 1. The Bertz CT molecular complexity index is 1200. The van der Waals surface area contributed by atoms with Gasteiger partial charge in [0, 0.05) is 29.6 Å². The average Bonchev–Trinajstić information content (AvgIpc) is 3.39. The fourth-order valence-electron chi connectivity index (χ4n) is 5.19. The van der Waals surface area contributed by atoms with Gasteiger partial charge in [0.1, 0.15) is 6.23 Å². The minimum Gasteiger partial charge on any atom is -0.472 e. The van der Waals surface area contributed by atoms with Crippen LogP contribution in [0.2, 0.25) is 0 Å². The number of hydrogen-bond donors (Lipinski definition) is 3. The van der Waals surface area contributed by atoms with E-state index in [0.717, 1.165) is 30.3 Å². The number of nitrogens with zero attached hydrogens (tertiary/aromatic N) is 4. The molecule has 0 amide bonds. The summed E-state index contributed by atoms with van der Waals surface area (Å²) in [5, 5.41) is 13.1. The van der Waals surface area contributed by atoms with E-state index in [2.05, 4.69) is 27.4 Å². The molecule has 14 nitrogen and oxygen atoms in total. The van der Waals surface area contributed by atoms with E-state index in [1.165, 1.54) is 90.2 Å². The molecule has 1 aliphatic rings. The van der Waals surface area contributed by atoms with Crippen LogP contribution in [0.25, 0.3) is 10.4 Å². The van der Waals surface area contributed by atoms with Crippen molar-refractivity contribution >= 4 is 13.3 Å². The molecule has 0 spiro atoms. The maximum absolute atomic E-state index is 12.8. The van der Waals surface area contributed by atoms with Gasteiger partial charge < -0.3 is 9.84 Å². The first-order chi connectivity index (χ1) is 21.2. The number of nitrogens with one attached hydrogen (secondary N) is 2. The Morgan fingerprint density at radius 3 is 2.14 bits per heavy atom. The van der Waals surface area contributed by atoms with Crippen molar-refractivity contribution < 1.29 is 28.4 Å². The molecule has 1 unspecified atom stereocenters. The lowest BCUT2D eigenvalue weighted by molar-refractivity contribution is -0.0261. The van der Waals surface area contributed by atoms with Crippen LogP contribution in [-0.4, -0.2) is 45.7 Å². The summed E-state index contributed by atoms with van der Waals surface area (Å²) in [5.41, 5.74) is 8.62. The van der Waals surface area contributed by atoms with Crippen LogP contribution in [-0.2, 0) is 18.5 Å². The summed E-state index contributed by atoms with van der Waals surface area (Å²) in [6.07, 6.45) is 19.2. The maximum Gasteiger partial charge on any atom is 0.454 e. The molecule has 0 aliphatic carbocycles. The summed E-state index contributed by atoms with van der Waals surface area (Å²) in [5.74, 6) is 0. The lowest BCUT2D eigenvalue weighted by Crippen LogP contribution is -2.33. The third-order valence-corrected chi connectivity index (χ3v) is 9.15. The molecule has 0 saturated carbocycles. The van der Waals surface area contributed by atoms with Gasteiger partial charge in [0.05, 0.1) is 18.8 Å². The van der Waals surface area contributed by atoms with Gasteiger partial charge in [-0.25, -0.2) is 18.8 Å². The number of aromatic nitrogens is 2. The van der Waals surface area contributed by atoms with Crippen LogP contribution >= 0.6 is 7.60 Å². The van der Waals surface area contributed by atoms with Crippen molar-refractivity contribution in [3.05, 3.63) is 43.0 Å². The molecular weight excluding hydrogens is 591 g/mol. The fourth-order valence-corrected chi connectivity index (χ4v) is 6.04. The van der Waals surface area contributed by atoms with E-state index in [1.807, 2.05) is 0 Å². The zero-order valence-corrected chi connectivity index (χ0v) is 27.2. The van der Waals surface area contributed by atoms with Gasteiger partial charge in [-0.15, -0.1) is 0 Å². The number of azide groups is 1. The van der Waals surface area contributed by atoms with Crippen LogP contribution in [0.1, 0.15) is 128 Å². The summed E-state index contributed by atoms with van der Waals surface area (Å²) in [6, 6.07) is -0.843. The van der Waals surface area contributed by atoms with Crippen LogP contribution in [0.15, 0.2) is 20.9 Å². The van der Waals surface area contributed by atoms with Crippen LogP contribution < -0.4 is 16.7 Å². The number of aryl methyl sites for hydroxylation is 1. The average molecular weight is 643 g/mol. The minimum absolute atomic E-state index is 0.0548. The van der Waals surface area contributed by atoms with Crippen LogP contribution in [0.3, 0.4) is 0 Å². The van der Waals surface area contributed by atoms with Crippen molar-refractivity contribution in [1.82, 2.24) is 15.0 Å². The van der Waals surface area contributed by atoms with Gasteiger partial charge >= 0.3 is 19.0 Å². The van der Waals surface area contributed by atoms with Gasteiger partial charge in [0.15, 0.2) is 0 Å². The molecule has 0 bridgehead atoms.